The summed E-state index contributed by atoms with van der Waals surface area (Å²) in [4.78, 5) is 9.35. The molecule has 0 aliphatic carbocycles. The first-order valence-corrected chi connectivity index (χ1v) is 1.03. The molecule has 0 aromatic rings. The maximum Gasteiger partial charge on any atom is 0.326 e. The highest BCUT2D eigenvalue weighted by molar-refractivity contribution is 5.70. The molecule has 36 valence electrons. The number of amides is 2. The second kappa shape index (κ2) is 4.19. The summed E-state index contributed by atoms with van der Waals surface area (Å²) >= 11 is 0. The van der Waals surface area contributed by atoms with Gasteiger partial charge in [-0.05, 0) is 0 Å². The highest BCUT2D eigenvalue weighted by Gasteiger charge is 1.73. The van der Waals surface area contributed by atoms with E-state index in [9.17, 15) is 4.79 Å². The molecule has 0 unspecified atom stereocenters. The van der Waals surface area contributed by atoms with E-state index in [1.165, 1.54) is 0 Å². The van der Waals surface area contributed by atoms with E-state index in [-0.39, 0.29) is 5.48 Å². The topological polar surface area (TPSA) is 110 Å². The van der Waals surface area contributed by atoms with Crippen LogP contribution in [0.5, 0.6) is 0 Å². The zero-order valence-corrected chi connectivity index (χ0v) is 2.97. The van der Waals surface area contributed by atoms with Gasteiger partial charge in [-0.1, -0.05) is 0 Å². The normalized spacial score (nSPS) is 5.50. The molecular formula is CH5N3O2. The van der Waals surface area contributed by atoms with E-state index in [1.54, 1.807) is 5.43 Å². The van der Waals surface area contributed by atoms with Crippen LogP contribution in [0.1, 0.15) is 0 Å². The van der Waals surface area contributed by atoms with Gasteiger partial charge in [0, 0.05) is 5.48 Å². The van der Waals surface area contributed by atoms with Gasteiger partial charge in [-0.15, -0.1) is 0 Å². The van der Waals surface area contributed by atoms with Crippen LogP contribution in [0.3, 0.4) is 0 Å². The van der Waals surface area contributed by atoms with Crippen molar-refractivity contribution in [1.29, 1.82) is 0 Å². The van der Waals surface area contributed by atoms with E-state index in [0.29, 0.717) is 0 Å². The minimum Gasteiger partial charge on any atom is -0.351 e. The van der Waals surface area contributed by atoms with Gasteiger partial charge >= 0.3 is 6.03 Å². The van der Waals surface area contributed by atoms with Crippen molar-refractivity contribution in [3.05, 3.63) is 0 Å². The van der Waals surface area contributed by atoms with Crippen LogP contribution < -0.4 is 17.0 Å². The summed E-state index contributed by atoms with van der Waals surface area (Å²) < 4.78 is 0. The molecule has 0 bridgehead atoms. The lowest BCUT2D eigenvalue weighted by Gasteiger charge is -1.81. The van der Waals surface area contributed by atoms with E-state index in [4.69, 9.17) is 0 Å². The zero-order valence-electron chi connectivity index (χ0n) is 2.97. The Hall–Kier alpha value is -0.810. The molecular weight excluding hydrogens is 86.0 g/mol. The highest BCUT2D eigenvalue weighted by atomic mass is 16.2. The Labute approximate surface area is 34.6 Å². The van der Waals surface area contributed by atoms with Gasteiger partial charge < -0.3 is 5.73 Å². The maximum absolute atomic E-state index is 9.35. The fraction of sp³-hybridized carbons (Fsp3) is 0. The number of hydrazine groups is 1. The largest absolute Gasteiger partial charge is 0.351 e. The summed E-state index contributed by atoms with van der Waals surface area (Å²) in [6.07, 6.45) is 0. The predicted molar refractivity (Wildman–Crippen MR) is 17.6 cm³/mol. The maximum atomic E-state index is 9.35. The first-order valence-electron chi connectivity index (χ1n) is 1.03. The fourth-order valence-corrected chi connectivity index (χ4v) is 0. The van der Waals surface area contributed by atoms with Crippen LogP contribution in [0.2, 0.25) is 0 Å². The molecule has 2 radical (unpaired) electrons. The van der Waals surface area contributed by atoms with Crippen LogP contribution in [-0.4, -0.2) is 6.03 Å². The minimum atomic E-state index is -0.718. The number of primary amides is 1. The van der Waals surface area contributed by atoms with Crippen molar-refractivity contribution in [2.45, 2.75) is 0 Å². The van der Waals surface area contributed by atoms with E-state index in [2.05, 4.69) is 11.6 Å². The highest BCUT2D eigenvalue weighted by Crippen LogP contribution is 1.34. The molecule has 0 rings (SSSR count). The van der Waals surface area contributed by atoms with Gasteiger partial charge in [0.2, 0.25) is 0 Å². The SMILES string of the molecule is NNC(N)=O.[O]. The van der Waals surface area contributed by atoms with Crippen molar-refractivity contribution in [1.82, 2.24) is 5.43 Å². The average molecular weight is 91.1 g/mol. The second-order valence-electron chi connectivity index (χ2n) is 0.509. The lowest BCUT2D eigenvalue weighted by atomic mass is 11.2. The second-order valence-corrected chi connectivity index (χ2v) is 0.509. The Balaban J connectivity index is 0. The Bertz CT molecular complexity index is 44.1. The first kappa shape index (κ1) is 8.95. The Kier molecular flexibility index (Phi) is 6.25. The molecule has 0 aliphatic heterocycles. The number of rotatable bonds is 0. The van der Waals surface area contributed by atoms with Crippen molar-refractivity contribution < 1.29 is 10.3 Å². The van der Waals surface area contributed by atoms with Crippen LogP contribution >= 0.6 is 0 Å². The standard InChI is InChI=1S/CH5N3O.O/c2-1(5)4-3;/h3H2,(H3,2,4,5);. The van der Waals surface area contributed by atoms with Crippen LogP contribution in [0.4, 0.5) is 4.79 Å². The van der Waals surface area contributed by atoms with Gasteiger partial charge in [0.05, 0.1) is 0 Å². The summed E-state index contributed by atoms with van der Waals surface area (Å²) in [6.45, 7) is 0. The summed E-state index contributed by atoms with van der Waals surface area (Å²) in [7, 11) is 0. The Morgan fingerprint density at radius 1 is 1.67 bits per heavy atom. The minimum absolute atomic E-state index is 0. The third-order valence-electron chi connectivity index (χ3n) is 0.142. The molecule has 0 spiro atoms. The molecule has 6 heavy (non-hydrogen) atoms. The lowest BCUT2D eigenvalue weighted by molar-refractivity contribution is 0.249. The van der Waals surface area contributed by atoms with Gasteiger partial charge in [0.1, 0.15) is 0 Å². The number of carbonyl (C=O) groups is 1. The van der Waals surface area contributed by atoms with Crippen molar-refractivity contribution in [2.75, 3.05) is 0 Å². The Morgan fingerprint density at radius 3 is 1.83 bits per heavy atom. The number of hydrogen-bond donors (Lipinski definition) is 3. The van der Waals surface area contributed by atoms with Crippen molar-refractivity contribution in [3.63, 3.8) is 0 Å². The lowest BCUT2D eigenvalue weighted by Crippen LogP contribution is -2.34. The summed E-state index contributed by atoms with van der Waals surface area (Å²) in [5, 5.41) is 0. The quantitative estimate of drug-likeness (QED) is 0.190. The molecule has 2 amide bonds. The number of nitrogens with two attached hydrogens (primary N) is 2. The van der Waals surface area contributed by atoms with Crippen LogP contribution in [0, 0.1) is 0 Å². The summed E-state index contributed by atoms with van der Waals surface area (Å²) in [5.41, 5.74) is 6.08. The number of nitrogens with one attached hydrogen (secondary N) is 1. The number of carbonyl (C=O) groups excluding carboxylic acids is 1. The molecule has 0 aliphatic rings. The van der Waals surface area contributed by atoms with E-state index in [1.807, 2.05) is 0 Å². The van der Waals surface area contributed by atoms with Crippen molar-refractivity contribution >= 4 is 6.03 Å². The zero-order chi connectivity index (χ0) is 4.28. The summed E-state index contributed by atoms with van der Waals surface area (Å²) in [5.74, 6) is 4.45. The van der Waals surface area contributed by atoms with Gasteiger partial charge in [-0.3, -0.25) is 5.43 Å². The van der Waals surface area contributed by atoms with E-state index in [0.717, 1.165) is 0 Å². The van der Waals surface area contributed by atoms with E-state index < -0.39 is 6.03 Å². The third-order valence-corrected chi connectivity index (χ3v) is 0.142. The van der Waals surface area contributed by atoms with Crippen LogP contribution in [-0.2, 0) is 5.48 Å². The molecule has 0 atom stereocenters. The van der Waals surface area contributed by atoms with Crippen molar-refractivity contribution in [3.8, 4) is 0 Å². The Morgan fingerprint density at radius 2 is 1.83 bits per heavy atom. The molecule has 0 heterocycles. The number of hydrogen-bond acceptors (Lipinski definition) is 2. The first-order chi connectivity index (χ1) is 2.27. The molecule has 0 saturated carbocycles. The van der Waals surface area contributed by atoms with Gasteiger partial charge in [-0.2, -0.15) is 0 Å². The smallest absolute Gasteiger partial charge is 0.326 e. The van der Waals surface area contributed by atoms with Gasteiger partial charge in [-0.25, -0.2) is 10.6 Å². The molecule has 0 fully saturated rings. The molecule has 0 saturated heterocycles. The van der Waals surface area contributed by atoms with Gasteiger partial charge in [0.25, 0.3) is 0 Å². The molecule has 0 aromatic heterocycles. The van der Waals surface area contributed by atoms with Crippen molar-refractivity contribution in [2.24, 2.45) is 11.6 Å². The average Bonchev–Trinajstić information content (AvgIpc) is 1.38. The molecule has 5 N–H and O–H groups in total. The molecule has 0 aromatic carbocycles. The van der Waals surface area contributed by atoms with Crippen LogP contribution in [0.15, 0.2) is 0 Å². The molecule has 5 heteroatoms. The fourth-order valence-electron chi connectivity index (χ4n) is 0. The number of urea groups is 1. The predicted octanol–water partition coefficient (Wildman–Crippen LogP) is -1.59. The monoisotopic (exact) mass is 91.0 g/mol. The van der Waals surface area contributed by atoms with Gasteiger partial charge in [0.15, 0.2) is 0 Å². The summed E-state index contributed by atoms with van der Waals surface area (Å²) in [6, 6.07) is -0.718. The molecule has 5 nitrogen and oxygen atoms in total. The third kappa shape index (κ3) is 10.8. The van der Waals surface area contributed by atoms with E-state index >= 15 is 0 Å². The van der Waals surface area contributed by atoms with Crippen LogP contribution in [0.25, 0.3) is 0 Å².